The Hall–Kier alpha value is -1.02. The van der Waals surface area contributed by atoms with E-state index >= 15 is 0 Å². The van der Waals surface area contributed by atoms with Gasteiger partial charge in [-0.2, -0.15) is 26.3 Å². The van der Waals surface area contributed by atoms with Gasteiger partial charge in [0.1, 0.15) is 0 Å². The van der Waals surface area contributed by atoms with Gasteiger partial charge in [0.25, 0.3) is 5.76 Å². The number of allylic oxidation sites excluding steroid dienone is 2. The molecule has 0 heterocycles. The number of hydrogen-bond acceptors (Lipinski definition) is 1. The van der Waals surface area contributed by atoms with Crippen LogP contribution in [0, 0.1) is 0 Å². The van der Waals surface area contributed by atoms with Crippen LogP contribution in [0.5, 0.6) is 0 Å². The van der Waals surface area contributed by atoms with Crippen molar-refractivity contribution in [2.24, 2.45) is 0 Å². The molecule has 0 atom stereocenters. The van der Waals surface area contributed by atoms with Crippen LogP contribution in [0.1, 0.15) is 0 Å². The third kappa shape index (κ3) is 0.894. The molecule has 0 N–H and O–H groups in total. The molecule has 1 aliphatic rings. The molecule has 9 heteroatoms. The number of rotatable bonds is 1. The topological polar surface area (TPSA) is 9.23 Å². The van der Waals surface area contributed by atoms with Crippen LogP contribution in [0.25, 0.3) is 0 Å². The van der Waals surface area contributed by atoms with Crippen LogP contribution in [-0.4, -0.2) is 17.8 Å². The molecular formula is C5F8O. The Morgan fingerprint density at radius 3 is 1.43 bits per heavy atom. The van der Waals surface area contributed by atoms with Gasteiger partial charge in [-0.1, -0.05) is 0 Å². The SMILES string of the molecule is FOC1=C(F)C(F)(F)C(F)(F)C1(F)F. The molecule has 0 spiro atoms. The van der Waals surface area contributed by atoms with Gasteiger partial charge in [-0.15, -0.1) is 0 Å². The van der Waals surface area contributed by atoms with Gasteiger partial charge in [0, 0.05) is 4.53 Å². The van der Waals surface area contributed by atoms with E-state index in [-0.39, 0.29) is 0 Å². The van der Waals surface area contributed by atoms with Crippen molar-refractivity contribution < 1.29 is 40.2 Å². The van der Waals surface area contributed by atoms with Gasteiger partial charge in [-0.25, -0.2) is 4.39 Å². The Morgan fingerprint density at radius 2 is 1.29 bits per heavy atom. The summed E-state index contributed by atoms with van der Waals surface area (Å²) in [6.45, 7) is 0. The van der Waals surface area contributed by atoms with E-state index in [0.717, 1.165) is 0 Å². The lowest BCUT2D eigenvalue weighted by Crippen LogP contribution is -2.49. The molecule has 0 fully saturated rings. The second-order valence-corrected chi connectivity index (χ2v) is 2.44. The van der Waals surface area contributed by atoms with Crippen LogP contribution < -0.4 is 0 Å². The van der Waals surface area contributed by atoms with Crippen molar-refractivity contribution in [1.29, 1.82) is 0 Å². The Morgan fingerprint density at radius 1 is 0.857 bits per heavy atom. The van der Waals surface area contributed by atoms with E-state index in [1.807, 2.05) is 4.94 Å². The average molecular weight is 228 g/mol. The number of hydrogen-bond donors (Lipinski definition) is 0. The fraction of sp³-hybridized carbons (Fsp3) is 0.600. The minimum atomic E-state index is -6.05. The van der Waals surface area contributed by atoms with E-state index in [2.05, 4.69) is 0 Å². The summed E-state index contributed by atoms with van der Waals surface area (Å²) in [7, 11) is 0. The Labute approximate surface area is 70.8 Å². The lowest BCUT2D eigenvalue weighted by atomic mass is 10.2. The predicted molar refractivity (Wildman–Crippen MR) is 25.2 cm³/mol. The molecule has 0 aromatic rings. The smallest absolute Gasteiger partial charge is 0.289 e. The Bertz CT molecular complexity index is 292. The number of halogens is 8. The van der Waals surface area contributed by atoms with Crippen LogP contribution in [0.3, 0.4) is 0 Å². The van der Waals surface area contributed by atoms with Gasteiger partial charge >= 0.3 is 17.8 Å². The van der Waals surface area contributed by atoms with Crippen LogP contribution in [0.15, 0.2) is 11.6 Å². The van der Waals surface area contributed by atoms with E-state index in [0.29, 0.717) is 0 Å². The molecule has 0 saturated carbocycles. The summed E-state index contributed by atoms with van der Waals surface area (Å²) in [5.41, 5.74) is 0. The van der Waals surface area contributed by atoms with Crippen molar-refractivity contribution in [1.82, 2.24) is 0 Å². The Balaban J connectivity index is 3.39. The molecule has 0 aliphatic heterocycles. The third-order valence-electron chi connectivity index (χ3n) is 1.63. The molecule has 82 valence electrons. The van der Waals surface area contributed by atoms with Gasteiger partial charge in [0.15, 0.2) is 0 Å². The highest BCUT2D eigenvalue weighted by Gasteiger charge is 2.83. The van der Waals surface area contributed by atoms with Crippen molar-refractivity contribution in [3.63, 3.8) is 0 Å². The van der Waals surface area contributed by atoms with Gasteiger partial charge in [-0.3, -0.25) is 4.94 Å². The molecule has 0 aromatic carbocycles. The van der Waals surface area contributed by atoms with Crippen molar-refractivity contribution in [3.05, 3.63) is 11.6 Å². The fourth-order valence-electron chi connectivity index (χ4n) is 0.840. The molecular weight excluding hydrogens is 228 g/mol. The van der Waals surface area contributed by atoms with Gasteiger partial charge < -0.3 is 0 Å². The molecule has 14 heavy (non-hydrogen) atoms. The third-order valence-corrected chi connectivity index (χ3v) is 1.63. The summed E-state index contributed by atoms with van der Waals surface area (Å²) < 4.78 is 96.4. The summed E-state index contributed by atoms with van der Waals surface area (Å²) in [6, 6.07) is 0. The van der Waals surface area contributed by atoms with E-state index in [1.54, 1.807) is 0 Å². The second kappa shape index (κ2) is 2.51. The zero-order chi connectivity index (χ0) is 11.4. The lowest BCUT2D eigenvalue weighted by Gasteiger charge is -2.22. The first-order chi connectivity index (χ1) is 6.10. The van der Waals surface area contributed by atoms with E-state index < -0.39 is 29.4 Å². The lowest BCUT2D eigenvalue weighted by molar-refractivity contribution is -0.282. The second-order valence-electron chi connectivity index (χ2n) is 2.44. The van der Waals surface area contributed by atoms with Crippen molar-refractivity contribution >= 4 is 0 Å². The Kier molecular flexibility index (Phi) is 1.98. The molecule has 0 unspecified atom stereocenters. The van der Waals surface area contributed by atoms with Crippen molar-refractivity contribution in [2.45, 2.75) is 17.8 Å². The van der Waals surface area contributed by atoms with E-state index in [1.165, 1.54) is 0 Å². The molecule has 1 nitrogen and oxygen atoms in total. The first-order valence-corrected chi connectivity index (χ1v) is 2.93. The highest BCUT2D eigenvalue weighted by atomic mass is 19.4. The molecule has 0 radical (unpaired) electrons. The molecule has 0 aromatic heterocycles. The van der Waals surface area contributed by atoms with E-state index in [9.17, 15) is 35.3 Å². The van der Waals surface area contributed by atoms with Gasteiger partial charge in [0.05, 0.1) is 0 Å². The van der Waals surface area contributed by atoms with Crippen molar-refractivity contribution in [3.8, 4) is 0 Å². The normalized spacial score (nSPS) is 28.0. The summed E-state index contributed by atoms with van der Waals surface area (Å²) in [5, 5.41) is 0. The summed E-state index contributed by atoms with van der Waals surface area (Å²) in [5.74, 6) is -23.8. The number of alkyl halides is 6. The van der Waals surface area contributed by atoms with E-state index in [4.69, 9.17) is 0 Å². The van der Waals surface area contributed by atoms with Crippen LogP contribution in [-0.2, 0) is 4.94 Å². The zero-order valence-electron chi connectivity index (χ0n) is 5.93. The van der Waals surface area contributed by atoms with Gasteiger partial charge in [0.2, 0.25) is 5.83 Å². The summed E-state index contributed by atoms with van der Waals surface area (Å²) in [6.07, 6.45) is 0. The first kappa shape index (κ1) is 11.1. The highest BCUT2D eigenvalue weighted by Crippen LogP contribution is 2.59. The molecule has 1 rings (SSSR count). The van der Waals surface area contributed by atoms with Crippen LogP contribution in [0.4, 0.5) is 35.3 Å². The van der Waals surface area contributed by atoms with Crippen LogP contribution in [0.2, 0.25) is 0 Å². The predicted octanol–water partition coefficient (Wildman–Crippen LogP) is 2.99. The molecule has 0 saturated heterocycles. The first-order valence-electron chi connectivity index (χ1n) is 2.93. The largest absolute Gasteiger partial charge is 0.386 e. The molecule has 0 amide bonds. The average Bonchev–Trinajstić information content (AvgIpc) is 2.10. The summed E-state index contributed by atoms with van der Waals surface area (Å²) >= 11 is 0. The quantitative estimate of drug-likeness (QED) is 0.627. The maximum absolute atomic E-state index is 12.2. The summed E-state index contributed by atoms with van der Waals surface area (Å²) in [4.78, 5) is 2.00. The van der Waals surface area contributed by atoms with Crippen LogP contribution >= 0.6 is 0 Å². The van der Waals surface area contributed by atoms with Crippen molar-refractivity contribution in [2.75, 3.05) is 0 Å². The minimum absolute atomic E-state index is 2.00. The highest BCUT2D eigenvalue weighted by molar-refractivity contribution is 5.33. The monoisotopic (exact) mass is 228 g/mol. The fourth-order valence-corrected chi connectivity index (χ4v) is 0.840. The standard InChI is InChI=1S/C5F8O/c6-1-2(14-13)4(9,10)5(11,12)3(1,7)8. The van der Waals surface area contributed by atoms with Gasteiger partial charge in [-0.05, 0) is 0 Å². The molecule has 1 aliphatic carbocycles. The molecule has 0 bridgehead atoms. The maximum atomic E-state index is 12.2. The maximum Gasteiger partial charge on any atom is 0.386 e. The minimum Gasteiger partial charge on any atom is -0.289 e. The zero-order valence-corrected chi connectivity index (χ0v) is 5.93.